The Balaban J connectivity index is 2.24. The van der Waals surface area contributed by atoms with Gasteiger partial charge in [0.1, 0.15) is 0 Å². The minimum Gasteiger partial charge on any atom is -0.501 e. The van der Waals surface area contributed by atoms with E-state index in [4.69, 9.17) is 4.74 Å². The lowest BCUT2D eigenvalue weighted by Gasteiger charge is -2.06. The van der Waals surface area contributed by atoms with Crippen LogP contribution in [-0.2, 0) is 11.2 Å². The quantitative estimate of drug-likeness (QED) is 0.463. The first kappa shape index (κ1) is 12.4. The van der Waals surface area contributed by atoms with Crippen LogP contribution in [0.5, 0.6) is 0 Å². The number of nitrogens with zero attached hydrogens (tertiary/aromatic N) is 1. The van der Waals surface area contributed by atoms with E-state index >= 15 is 0 Å². The van der Waals surface area contributed by atoms with Crippen molar-refractivity contribution in [2.24, 2.45) is 0 Å². The lowest BCUT2D eigenvalue weighted by Crippen LogP contribution is -2.24. The van der Waals surface area contributed by atoms with Crippen molar-refractivity contribution < 1.29 is 14.3 Å². The second-order valence-corrected chi connectivity index (χ2v) is 4.10. The van der Waals surface area contributed by atoms with E-state index in [1.807, 2.05) is 13.0 Å². The molecule has 1 aromatic rings. The predicted molar refractivity (Wildman–Crippen MR) is 67.3 cm³/mol. The zero-order valence-electron chi connectivity index (χ0n) is 10.5. The Morgan fingerprint density at radius 1 is 1.28 bits per heavy atom. The van der Waals surface area contributed by atoms with Crippen LogP contribution < -0.4 is 0 Å². The molecule has 1 aliphatic heterocycles. The molecule has 2 amide bonds. The summed E-state index contributed by atoms with van der Waals surface area (Å²) >= 11 is 0. The van der Waals surface area contributed by atoms with Gasteiger partial charge in [-0.3, -0.25) is 14.5 Å². The molecule has 0 aromatic heterocycles. The highest BCUT2D eigenvalue weighted by atomic mass is 16.5. The van der Waals surface area contributed by atoms with Crippen LogP contribution >= 0.6 is 0 Å². The van der Waals surface area contributed by atoms with Crippen LogP contribution in [0.1, 0.15) is 33.2 Å². The number of fused-ring (bicyclic) bond motifs is 1. The Kier molecular flexibility index (Phi) is 3.46. The van der Waals surface area contributed by atoms with E-state index in [9.17, 15) is 9.59 Å². The van der Waals surface area contributed by atoms with Gasteiger partial charge in [0.15, 0.2) is 0 Å². The number of hydrogen-bond acceptors (Lipinski definition) is 3. The fourth-order valence-electron chi connectivity index (χ4n) is 2.01. The molecule has 2 rings (SSSR count). The molecule has 4 nitrogen and oxygen atoms in total. The van der Waals surface area contributed by atoms with Crippen LogP contribution in [0.4, 0.5) is 0 Å². The molecule has 0 saturated carbocycles. The fraction of sp³-hybridized carbons (Fsp3) is 0.286. The third-order valence-corrected chi connectivity index (χ3v) is 2.93. The molecule has 1 heterocycles. The second-order valence-electron chi connectivity index (χ2n) is 4.10. The number of hydrogen-bond donors (Lipinski definition) is 0. The Bertz CT molecular complexity index is 520. The van der Waals surface area contributed by atoms with Gasteiger partial charge < -0.3 is 4.74 Å². The number of amides is 2. The SMILES string of the molecule is CC=COCCc1cccc2c1C(=O)N(C)C2=O. The molecule has 4 heteroatoms. The Hall–Kier alpha value is -2.10. The number of carbonyl (C=O) groups is 2. The van der Waals surface area contributed by atoms with Gasteiger partial charge in [-0.1, -0.05) is 18.2 Å². The first-order chi connectivity index (χ1) is 8.66. The summed E-state index contributed by atoms with van der Waals surface area (Å²) in [5.41, 5.74) is 1.87. The van der Waals surface area contributed by atoms with Crippen molar-refractivity contribution in [3.63, 3.8) is 0 Å². The molecule has 0 radical (unpaired) electrons. The van der Waals surface area contributed by atoms with E-state index in [0.29, 0.717) is 24.2 Å². The summed E-state index contributed by atoms with van der Waals surface area (Å²) in [5.74, 6) is -0.456. The van der Waals surface area contributed by atoms with Crippen molar-refractivity contribution in [3.8, 4) is 0 Å². The monoisotopic (exact) mass is 245 g/mol. The maximum atomic E-state index is 12.0. The molecular formula is C14H15NO3. The molecule has 0 saturated heterocycles. The largest absolute Gasteiger partial charge is 0.501 e. The molecular weight excluding hydrogens is 230 g/mol. The summed E-state index contributed by atoms with van der Waals surface area (Å²) in [7, 11) is 1.50. The van der Waals surface area contributed by atoms with Gasteiger partial charge in [0.25, 0.3) is 11.8 Å². The van der Waals surface area contributed by atoms with Crippen molar-refractivity contribution in [2.45, 2.75) is 13.3 Å². The van der Waals surface area contributed by atoms with Gasteiger partial charge in [0.05, 0.1) is 24.0 Å². The van der Waals surface area contributed by atoms with Gasteiger partial charge in [-0.05, 0) is 18.6 Å². The van der Waals surface area contributed by atoms with Crippen LogP contribution in [-0.4, -0.2) is 30.4 Å². The zero-order chi connectivity index (χ0) is 13.1. The number of benzene rings is 1. The van der Waals surface area contributed by atoms with Crippen molar-refractivity contribution in [3.05, 3.63) is 47.2 Å². The number of allylic oxidation sites excluding steroid dienone is 1. The van der Waals surface area contributed by atoms with Crippen LogP contribution in [0.15, 0.2) is 30.5 Å². The third-order valence-electron chi connectivity index (χ3n) is 2.93. The predicted octanol–water partition coefficient (Wildman–Crippen LogP) is 2.01. The lowest BCUT2D eigenvalue weighted by molar-refractivity contribution is 0.0693. The van der Waals surface area contributed by atoms with Crippen LogP contribution in [0.2, 0.25) is 0 Å². The number of carbonyl (C=O) groups excluding carboxylic acids is 2. The van der Waals surface area contributed by atoms with Gasteiger partial charge in [0.2, 0.25) is 0 Å². The van der Waals surface area contributed by atoms with E-state index in [1.54, 1.807) is 24.5 Å². The van der Waals surface area contributed by atoms with E-state index in [2.05, 4.69) is 0 Å². The van der Waals surface area contributed by atoms with Gasteiger partial charge in [-0.15, -0.1) is 0 Å². The first-order valence-corrected chi connectivity index (χ1v) is 5.84. The average molecular weight is 245 g/mol. The minimum atomic E-state index is -0.230. The van der Waals surface area contributed by atoms with Gasteiger partial charge in [-0.25, -0.2) is 0 Å². The van der Waals surface area contributed by atoms with Crippen LogP contribution in [0, 0.1) is 0 Å². The Labute approximate surface area is 106 Å². The summed E-state index contributed by atoms with van der Waals surface area (Å²) in [4.78, 5) is 24.9. The first-order valence-electron chi connectivity index (χ1n) is 5.84. The van der Waals surface area contributed by atoms with Gasteiger partial charge in [0, 0.05) is 13.5 Å². The molecule has 94 valence electrons. The normalized spacial score (nSPS) is 14.4. The molecule has 0 unspecified atom stereocenters. The minimum absolute atomic E-state index is 0.225. The summed E-state index contributed by atoms with van der Waals surface area (Å²) in [6, 6.07) is 5.35. The second kappa shape index (κ2) is 5.04. The molecule has 0 N–H and O–H groups in total. The summed E-state index contributed by atoms with van der Waals surface area (Å²) in [6.07, 6.45) is 4.03. The molecule has 0 atom stereocenters. The maximum absolute atomic E-state index is 12.0. The molecule has 0 spiro atoms. The molecule has 0 bridgehead atoms. The molecule has 0 fully saturated rings. The highest BCUT2D eigenvalue weighted by Gasteiger charge is 2.34. The van der Waals surface area contributed by atoms with Crippen molar-refractivity contribution >= 4 is 11.8 Å². The van der Waals surface area contributed by atoms with Crippen LogP contribution in [0.25, 0.3) is 0 Å². The highest BCUT2D eigenvalue weighted by Crippen LogP contribution is 2.25. The topological polar surface area (TPSA) is 46.6 Å². The third kappa shape index (κ3) is 2.01. The maximum Gasteiger partial charge on any atom is 0.261 e. The molecule has 18 heavy (non-hydrogen) atoms. The number of imide groups is 1. The Morgan fingerprint density at radius 2 is 2.06 bits per heavy atom. The summed E-state index contributed by atoms with van der Waals surface area (Å²) in [5, 5.41) is 0. The average Bonchev–Trinajstić information content (AvgIpc) is 2.61. The van der Waals surface area contributed by atoms with Crippen LogP contribution in [0.3, 0.4) is 0 Å². The molecule has 1 aromatic carbocycles. The standard InChI is InChI=1S/C14H15NO3/c1-3-8-18-9-7-10-5-4-6-11-12(10)14(17)15(2)13(11)16/h3-6,8H,7,9H2,1-2H3. The van der Waals surface area contributed by atoms with Crippen molar-refractivity contribution in [1.82, 2.24) is 4.90 Å². The van der Waals surface area contributed by atoms with Gasteiger partial charge >= 0.3 is 0 Å². The van der Waals surface area contributed by atoms with Crippen molar-refractivity contribution in [1.29, 1.82) is 0 Å². The highest BCUT2D eigenvalue weighted by molar-refractivity contribution is 6.21. The molecule has 1 aliphatic rings. The van der Waals surface area contributed by atoms with E-state index in [-0.39, 0.29) is 11.8 Å². The van der Waals surface area contributed by atoms with E-state index in [1.165, 1.54) is 7.05 Å². The number of rotatable bonds is 4. The Morgan fingerprint density at radius 3 is 2.78 bits per heavy atom. The zero-order valence-corrected chi connectivity index (χ0v) is 10.5. The lowest BCUT2D eigenvalue weighted by atomic mass is 10.0. The van der Waals surface area contributed by atoms with E-state index < -0.39 is 0 Å². The fourth-order valence-corrected chi connectivity index (χ4v) is 2.01. The smallest absolute Gasteiger partial charge is 0.261 e. The summed E-state index contributed by atoms with van der Waals surface area (Å²) < 4.78 is 5.25. The van der Waals surface area contributed by atoms with E-state index in [0.717, 1.165) is 10.5 Å². The number of ether oxygens (including phenoxy) is 1. The summed E-state index contributed by atoms with van der Waals surface area (Å²) in [6.45, 7) is 2.36. The van der Waals surface area contributed by atoms with Crippen molar-refractivity contribution in [2.75, 3.05) is 13.7 Å². The molecule has 0 aliphatic carbocycles. The van der Waals surface area contributed by atoms with Gasteiger partial charge in [-0.2, -0.15) is 0 Å².